The molecule has 2 aliphatic heterocycles. The van der Waals surface area contributed by atoms with E-state index in [-0.39, 0.29) is 13.4 Å². The molecule has 10 heteroatoms. The van der Waals surface area contributed by atoms with Crippen LogP contribution in [0.25, 0.3) is 0 Å². The molecule has 166 valence electrons. The van der Waals surface area contributed by atoms with Crippen LogP contribution in [0.1, 0.15) is 5.56 Å². The van der Waals surface area contributed by atoms with Crippen molar-refractivity contribution < 1.29 is 19.3 Å². The number of nitrogens with zero attached hydrogens (tertiary/aromatic N) is 3. The van der Waals surface area contributed by atoms with E-state index in [9.17, 15) is 5.11 Å². The molecular weight excluding hydrogens is 434 g/mol. The molecule has 1 fully saturated rings. The normalized spacial score (nSPS) is 15.0. The zero-order valence-electron chi connectivity index (χ0n) is 17.2. The number of benzene rings is 2. The van der Waals surface area contributed by atoms with Gasteiger partial charge in [0, 0.05) is 30.7 Å². The number of aliphatic hydroxyl groups is 1. The number of hydrogen-bond acceptors (Lipinski definition) is 9. The number of aromatic nitrogens is 2. The fraction of sp³-hybridized carbons (Fsp3) is 0.273. The lowest BCUT2D eigenvalue weighted by molar-refractivity contribution is 0.122. The van der Waals surface area contributed by atoms with Crippen LogP contribution in [0.3, 0.4) is 0 Å². The van der Waals surface area contributed by atoms with Crippen LogP contribution in [0.4, 0.5) is 28.8 Å². The minimum Gasteiger partial charge on any atom is -0.454 e. The lowest BCUT2D eigenvalue weighted by atomic mass is 10.1. The SMILES string of the molecule is OCc1cc(Nc2nccc(Nc3c(Cl)ccc4c3OCO4)n2)cc(N2CCOCC2)c1. The number of nitrogens with one attached hydrogen (secondary N) is 2. The third kappa shape index (κ3) is 4.36. The zero-order valence-corrected chi connectivity index (χ0v) is 17.9. The van der Waals surface area contributed by atoms with E-state index < -0.39 is 0 Å². The van der Waals surface area contributed by atoms with Crippen molar-refractivity contribution in [2.24, 2.45) is 0 Å². The first-order valence-corrected chi connectivity index (χ1v) is 10.6. The highest BCUT2D eigenvalue weighted by Crippen LogP contribution is 2.44. The zero-order chi connectivity index (χ0) is 21.9. The Morgan fingerprint density at radius 3 is 2.78 bits per heavy atom. The Hall–Kier alpha value is -3.27. The largest absolute Gasteiger partial charge is 0.454 e. The van der Waals surface area contributed by atoms with Gasteiger partial charge < -0.3 is 34.9 Å². The summed E-state index contributed by atoms with van der Waals surface area (Å²) in [6.45, 7) is 3.06. The molecule has 1 aromatic heterocycles. The van der Waals surface area contributed by atoms with Gasteiger partial charge in [-0.2, -0.15) is 4.98 Å². The van der Waals surface area contributed by atoms with E-state index in [1.54, 1.807) is 24.4 Å². The smallest absolute Gasteiger partial charge is 0.231 e. The number of ether oxygens (including phenoxy) is 3. The standard InChI is InChI=1S/C22H22ClN5O4/c23-17-1-2-18-21(32-13-31-18)20(17)26-19-3-4-24-22(27-19)25-15-9-14(12-29)10-16(11-15)28-5-7-30-8-6-28/h1-4,9-11,29H,5-8,12-13H2,(H2,24,25,26,27). The Morgan fingerprint density at radius 2 is 1.94 bits per heavy atom. The predicted octanol–water partition coefficient (Wildman–Crippen LogP) is 3.67. The summed E-state index contributed by atoms with van der Waals surface area (Å²) in [4.78, 5) is 11.1. The van der Waals surface area contributed by atoms with Crippen molar-refractivity contribution >= 4 is 40.4 Å². The molecule has 0 spiro atoms. The molecule has 9 nitrogen and oxygen atoms in total. The Kier molecular flexibility index (Phi) is 5.85. The van der Waals surface area contributed by atoms with Crippen molar-refractivity contribution in [3.05, 3.63) is 53.2 Å². The van der Waals surface area contributed by atoms with E-state index in [2.05, 4.69) is 25.5 Å². The fourth-order valence-corrected chi connectivity index (χ4v) is 3.85. The number of anilines is 5. The molecule has 0 unspecified atom stereocenters. The molecule has 1 saturated heterocycles. The fourth-order valence-electron chi connectivity index (χ4n) is 3.65. The van der Waals surface area contributed by atoms with Gasteiger partial charge in [0.2, 0.25) is 12.7 Å². The molecule has 3 N–H and O–H groups in total. The molecule has 0 bridgehead atoms. The summed E-state index contributed by atoms with van der Waals surface area (Å²) in [5.74, 6) is 2.12. The molecule has 2 aliphatic rings. The summed E-state index contributed by atoms with van der Waals surface area (Å²) < 4.78 is 16.4. The maximum atomic E-state index is 9.72. The van der Waals surface area contributed by atoms with E-state index in [4.69, 9.17) is 25.8 Å². The van der Waals surface area contributed by atoms with Crippen molar-refractivity contribution in [2.75, 3.05) is 48.6 Å². The molecule has 3 aromatic rings. The molecule has 0 saturated carbocycles. The summed E-state index contributed by atoms with van der Waals surface area (Å²) in [7, 11) is 0. The third-order valence-corrected chi connectivity index (χ3v) is 5.50. The minimum absolute atomic E-state index is 0.0605. The van der Waals surface area contributed by atoms with E-state index in [0.717, 1.165) is 30.0 Å². The molecule has 3 heterocycles. The average molecular weight is 456 g/mol. The van der Waals surface area contributed by atoms with Crippen LogP contribution >= 0.6 is 11.6 Å². The summed E-state index contributed by atoms with van der Waals surface area (Å²) in [5.41, 5.74) is 3.18. The number of fused-ring (bicyclic) bond motifs is 1. The lowest BCUT2D eigenvalue weighted by Gasteiger charge is -2.29. The monoisotopic (exact) mass is 455 g/mol. The number of morpholine rings is 1. The first-order chi connectivity index (χ1) is 15.7. The maximum Gasteiger partial charge on any atom is 0.231 e. The Labute approximate surface area is 189 Å². The van der Waals surface area contributed by atoms with E-state index >= 15 is 0 Å². The van der Waals surface area contributed by atoms with Crippen LogP contribution in [0.2, 0.25) is 5.02 Å². The lowest BCUT2D eigenvalue weighted by Crippen LogP contribution is -2.36. The minimum atomic E-state index is -0.0605. The molecule has 0 amide bonds. The van der Waals surface area contributed by atoms with Crippen LogP contribution in [0.5, 0.6) is 11.5 Å². The maximum absolute atomic E-state index is 9.72. The number of aliphatic hydroxyl groups excluding tert-OH is 1. The van der Waals surface area contributed by atoms with Gasteiger partial charge in [-0.3, -0.25) is 0 Å². The second-order valence-corrected chi connectivity index (χ2v) is 7.72. The second kappa shape index (κ2) is 9.07. The van der Waals surface area contributed by atoms with Crippen LogP contribution in [-0.4, -0.2) is 48.2 Å². The van der Waals surface area contributed by atoms with Gasteiger partial charge in [-0.15, -0.1) is 0 Å². The summed E-state index contributed by atoms with van der Waals surface area (Å²) in [6, 6.07) is 11.1. The van der Waals surface area contributed by atoms with Gasteiger partial charge in [0.25, 0.3) is 0 Å². The molecule has 5 rings (SSSR count). The predicted molar refractivity (Wildman–Crippen MR) is 122 cm³/mol. The second-order valence-electron chi connectivity index (χ2n) is 7.32. The molecule has 0 radical (unpaired) electrons. The average Bonchev–Trinajstić information content (AvgIpc) is 3.31. The van der Waals surface area contributed by atoms with Crippen LogP contribution in [0.15, 0.2) is 42.6 Å². The highest BCUT2D eigenvalue weighted by Gasteiger charge is 2.21. The number of hydrogen-bond donors (Lipinski definition) is 3. The third-order valence-electron chi connectivity index (χ3n) is 5.19. The van der Waals surface area contributed by atoms with E-state index in [0.29, 0.717) is 47.2 Å². The highest BCUT2D eigenvalue weighted by atomic mass is 35.5. The van der Waals surface area contributed by atoms with Crippen molar-refractivity contribution in [3.63, 3.8) is 0 Å². The summed E-state index contributed by atoms with van der Waals surface area (Å²) in [5, 5.41) is 16.6. The van der Waals surface area contributed by atoms with Crippen molar-refractivity contribution in [1.82, 2.24) is 9.97 Å². The first kappa shape index (κ1) is 20.6. The Bertz CT molecular complexity index is 1120. The van der Waals surface area contributed by atoms with Gasteiger partial charge in [0.15, 0.2) is 11.5 Å². The van der Waals surface area contributed by atoms with Crippen LogP contribution in [0, 0.1) is 0 Å². The van der Waals surface area contributed by atoms with Crippen molar-refractivity contribution in [1.29, 1.82) is 0 Å². The van der Waals surface area contributed by atoms with Crippen LogP contribution < -0.4 is 25.0 Å². The van der Waals surface area contributed by atoms with Crippen molar-refractivity contribution in [3.8, 4) is 11.5 Å². The van der Waals surface area contributed by atoms with Gasteiger partial charge in [0.1, 0.15) is 11.5 Å². The highest BCUT2D eigenvalue weighted by molar-refractivity contribution is 6.33. The number of halogens is 1. The van der Waals surface area contributed by atoms with Gasteiger partial charge in [0.05, 0.1) is 24.8 Å². The Morgan fingerprint density at radius 1 is 1.06 bits per heavy atom. The van der Waals surface area contributed by atoms with E-state index in [1.807, 2.05) is 18.2 Å². The van der Waals surface area contributed by atoms with Crippen molar-refractivity contribution in [2.45, 2.75) is 6.61 Å². The number of rotatable bonds is 6. The Balaban J connectivity index is 1.38. The van der Waals surface area contributed by atoms with Gasteiger partial charge in [-0.05, 0) is 42.0 Å². The van der Waals surface area contributed by atoms with E-state index in [1.165, 1.54) is 0 Å². The molecule has 0 aliphatic carbocycles. The molecule has 32 heavy (non-hydrogen) atoms. The summed E-state index contributed by atoms with van der Waals surface area (Å²) in [6.07, 6.45) is 1.64. The topological polar surface area (TPSA) is 101 Å². The quantitative estimate of drug-likeness (QED) is 0.513. The van der Waals surface area contributed by atoms with Gasteiger partial charge in [-0.25, -0.2) is 4.98 Å². The van der Waals surface area contributed by atoms with Gasteiger partial charge in [-0.1, -0.05) is 11.6 Å². The first-order valence-electron chi connectivity index (χ1n) is 10.2. The summed E-state index contributed by atoms with van der Waals surface area (Å²) >= 11 is 6.36. The van der Waals surface area contributed by atoms with Gasteiger partial charge >= 0.3 is 0 Å². The molecule has 0 atom stereocenters. The van der Waals surface area contributed by atoms with Crippen LogP contribution in [-0.2, 0) is 11.3 Å². The molecule has 2 aromatic carbocycles. The molecular formula is C22H22ClN5O4.